The molecule has 0 radical (unpaired) electrons. The van der Waals surface area contributed by atoms with E-state index in [9.17, 15) is 9.18 Å². The molecule has 1 aliphatic heterocycles. The van der Waals surface area contributed by atoms with Crippen LogP contribution in [0.3, 0.4) is 0 Å². The number of likely N-dealkylation sites (tertiary alicyclic amines) is 1. The standard InChI is InChI=1S/C17H25FN2O/c1-12-7-5-9-14(16(12)18)17(2,3)19-15(21)11-13-8-6-10-20(13)4/h5,7,9,13H,6,8,10-11H2,1-4H3,(H,19,21)/t13-/m1/s1. The smallest absolute Gasteiger partial charge is 0.222 e. The first-order valence-electron chi connectivity index (χ1n) is 7.58. The molecule has 0 bridgehead atoms. The van der Waals surface area contributed by atoms with Gasteiger partial charge in [0.25, 0.3) is 0 Å². The minimum Gasteiger partial charge on any atom is -0.347 e. The minimum atomic E-state index is -0.704. The highest BCUT2D eigenvalue weighted by atomic mass is 19.1. The van der Waals surface area contributed by atoms with Gasteiger partial charge in [0.15, 0.2) is 0 Å². The van der Waals surface area contributed by atoms with Gasteiger partial charge in [-0.1, -0.05) is 18.2 Å². The Morgan fingerprint density at radius 3 is 2.81 bits per heavy atom. The quantitative estimate of drug-likeness (QED) is 0.925. The Kier molecular flexibility index (Phi) is 4.67. The Labute approximate surface area is 126 Å². The van der Waals surface area contributed by atoms with E-state index in [2.05, 4.69) is 17.3 Å². The second kappa shape index (κ2) is 6.14. The summed E-state index contributed by atoms with van der Waals surface area (Å²) in [5.41, 5.74) is 0.436. The zero-order valence-corrected chi connectivity index (χ0v) is 13.4. The number of carbonyl (C=O) groups excluding carboxylic acids is 1. The molecule has 4 heteroatoms. The van der Waals surface area contributed by atoms with Crippen molar-refractivity contribution >= 4 is 5.91 Å². The number of nitrogens with one attached hydrogen (secondary N) is 1. The fourth-order valence-electron chi connectivity index (χ4n) is 3.05. The van der Waals surface area contributed by atoms with Crippen molar-refractivity contribution in [1.82, 2.24) is 10.2 Å². The second-order valence-electron chi connectivity index (χ2n) is 6.59. The highest BCUT2D eigenvalue weighted by Crippen LogP contribution is 2.26. The normalized spacial score (nSPS) is 19.8. The molecule has 0 aliphatic carbocycles. The van der Waals surface area contributed by atoms with Crippen LogP contribution in [-0.2, 0) is 10.3 Å². The number of carbonyl (C=O) groups is 1. The Hall–Kier alpha value is -1.42. The minimum absolute atomic E-state index is 0.0142. The number of hydrogen-bond donors (Lipinski definition) is 1. The molecule has 3 nitrogen and oxygen atoms in total. The van der Waals surface area contributed by atoms with Gasteiger partial charge in [0, 0.05) is 18.0 Å². The molecule has 1 N–H and O–H groups in total. The SMILES string of the molecule is Cc1cccc(C(C)(C)NC(=O)C[C@H]2CCCN2C)c1F. The highest BCUT2D eigenvalue weighted by Gasteiger charge is 2.29. The number of aryl methyl sites for hydroxylation is 1. The number of nitrogens with zero attached hydrogens (tertiary/aromatic N) is 1. The van der Waals surface area contributed by atoms with Gasteiger partial charge < -0.3 is 10.2 Å². The van der Waals surface area contributed by atoms with Crippen LogP contribution in [0.1, 0.15) is 44.2 Å². The average Bonchev–Trinajstić information content (AvgIpc) is 2.77. The van der Waals surface area contributed by atoms with Crippen LogP contribution in [0.25, 0.3) is 0 Å². The molecule has 1 heterocycles. The molecule has 0 aromatic heterocycles. The third-order valence-corrected chi connectivity index (χ3v) is 4.41. The summed E-state index contributed by atoms with van der Waals surface area (Å²) in [5.74, 6) is -0.250. The van der Waals surface area contributed by atoms with Gasteiger partial charge >= 0.3 is 0 Å². The summed E-state index contributed by atoms with van der Waals surface area (Å²) >= 11 is 0. The number of amides is 1. The molecule has 1 fully saturated rings. The van der Waals surface area contributed by atoms with Crippen molar-refractivity contribution in [3.05, 3.63) is 35.1 Å². The summed E-state index contributed by atoms with van der Waals surface area (Å²) < 4.78 is 14.3. The third kappa shape index (κ3) is 3.62. The van der Waals surface area contributed by atoms with Crippen molar-refractivity contribution in [2.75, 3.05) is 13.6 Å². The third-order valence-electron chi connectivity index (χ3n) is 4.41. The Morgan fingerprint density at radius 1 is 1.48 bits per heavy atom. The van der Waals surface area contributed by atoms with E-state index in [4.69, 9.17) is 0 Å². The highest BCUT2D eigenvalue weighted by molar-refractivity contribution is 5.77. The van der Waals surface area contributed by atoms with Crippen molar-refractivity contribution in [1.29, 1.82) is 0 Å². The lowest BCUT2D eigenvalue weighted by molar-refractivity contribution is -0.123. The first kappa shape index (κ1) is 16.0. The monoisotopic (exact) mass is 292 g/mol. The Balaban J connectivity index is 2.06. The fraction of sp³-hybridized carbons (Fsp3) is 0.588. The lowest BCUT2D eigenvalue weighted by atomic mass is 9.92. The van der Waals surface area contributed by atoms with E-state index in [1.165, 1.54) is 0 Å². The van der Waals surface area contributed by atoms with Crippen molar-refractivity contribution in [2.45, 2.75) is 51.6 Å². The van der Waals surface area contributed by atoms with Gasteiger partial charge in [-0.2, -0.15) is 0 Å². The van der Waals surface area contributed by atoms with Crippen LogP contribution in [-0.4, -0.2) is 30.4 Å². The van der Waals surface area contributed by atoms with Gasteiger partial charge in [-0.15, -0.1) is 0 Å². The molecule has 0 saturated carbocycles. The van der Waals surface area contributed by atoms with Gasteiger partial charge in [-0.25, -0.2) is 4.39 Å². The molecule has 0 spiro atoms. The van der Waals surface area contributed by atoms with Crippen LogP contribution in [0.2, 0.25) is 0 Å². The predicted molar refractivity (Wildman–Crippen MR) is 82.6 cm³/mol. The lowest BCUT2D eigenvalue weighted by Gasteiger charge is -2.29. The topological polar surface area (TPSA) is 32.3 Å². The molecule has 0 unspecified atom stereocenters. The molecule has 1 aliphatic rings. The molecular weight excluding hydrogens is 267 g/mol. The van der Waals surface area contributed by atoms with Crippen molar-refractivity contribution < 1.29 is 9.18 Å². The molecule has 1 aromatic rings. The van der Waals surface area contributed by atoms with Gasteiger partial charge in [-0.05, 0) is 52.8 Å². The van der Waals surface area contributed by atoms with Crippen LogP contribution < -0.4 is 5.32 Å². The number of hydrogen-bond acceptors (Lipinski definition) is 2. The first-order chi connectivity index (χ1) is 9.81. The second-order valence-corrected chi connectivity index (χ2v) is 6.59. The van der Waals surface area contributed by atoms with Crippen LogP contribution in [0.15, 0.2) is 18.2 Å². The largest absolute Gasteiger partial charge is 0.347 e. The maximum atomic E-state index is 14.3. The Bertz CT molecular complexity index is 528. The Morgan fingerprint density at radius 2 is 2.19 bits per heavy atom. The molecular formula is C17H25FN2O. The van der Waals surface area contributed by atoms with Gasteiger partial charge in [0.2, 0.25) is 5.91 Å². The molecule has 21 heavy (non-hydrogen) atoms. The van der Waals surface area contributed by atoms with Crippen LogP contribution in [0.5, 0.6) is 0 Å². The lowest BCUT2D eigenvalue weighted by Crippen LogP contribution is -2.43. The number of rotatable bonds is 4. The number of benzene rings is 1. The van der Waals surface area contributed by atoms with Crippen molar-refractivity contribution in [3.8, 4) is 0 Å². The summed E-state index contributed by atoms with van der Waals surface area (Å²) in [6.07, 6.45) is 2.68. The molecule has 116 valence electrons. The van der Waals surface area contributed by atoms with Crippen LogP contribution >= 0.6 is 0 Å². The predicted octanol–water partition coefficient (Wildman–Crippen LogP) is 2.97. The maximum Gasteiger partial charge on any atom is 0.222 e. The average molecular weight is 292 g/mol. The van der Waals surface area contributed by atoms with E-state index in [1.807, 2.05) is 19.9 Å². The first-order valence-corrected chi connectivity index (χ1v) is 7.58. The van der Waals surface area contributed by atoms with Crippen LogP contribution in [0, 0.1) is 12.7 Å². The van der Waals surface area contributed by atoms with E-state index in [1.54, 1.807) is 19.1 Å². The zero-order valence-electron chi connectivity index (χ0n) is 13.4. The summed E-state index contributed by atoms with van der Waals surface area (Å²) in [6, 6.07) is 5.61. The molecule has 1 saturated heterocycles. The van der Waals surface area contributed by atoms with Crippen LogP contribution in [0.4, 0.5) is 4.39 Å². The summed E-state index contributed by atoms with van der Waals surface area (Å²) in [7, 11) is 2.05. The van der Waals surface area contributed by atoms with E-state index < -0.39 is 5.54 Å². The molecule has 1 atom stereocenters. The summed E-state index contributed by atoms with van der Waals surface area (Å²) in [4.78, 5) is 14.5. The molecule has 2 rings (SSSR count). The van der Waals surface area contributed by atoms with E-state index in [-0.39, 0.29) is 11.7 Å². The van der Waals surface area contributed by atoms with E-state index in [0.717, 1.165) is 19.4 Å². The summed E-state index contributed by atoms with van der Waals surface area (Å²) in [6.45, 7) is 6.49. The van der Waals surface area contributed by atoms with Crippen molar-refractivity contribution in [3.63, 3.8) is 0 Å². The number of halogens is 1. The molecule has 1 aromatic carbocycles. The van der Waals surface area contributed by atoms with Crippen molar-refractivity contribution in [2.24, 2.45) is 0 Å². The zero-order chi connectivity index (χ0) is 15.6. The fourth-order valence-corrected chi connectivity index (χ4v) is 3.05. The van der Waals surface area contributed by atoms with E-state index >= 15 is 0 Å². The molecule has 1 amide bonds. The summed E-state index contributed by atoms with van der Waals surface area (Å²) in [5, 5.41) is 2.98. The maximum absolute atomic E-state index is 14.3. The van der Waals surface area contributed by atoms with Gasteiger partial charge in [0.1, 0.15) is 5.82 Å². The van der Waals surface area contributed by atoms with E-state index in [0.29, 0.717) is 23.6 Å². The van der Waals surface area contributed by atoms with Gasteiger partial charge in [-0.3, -0.25) is 4.79 Å². The van der Waals surface area contributed by atoms with Gasteiger partial charge in [0.05, 0.1) is 5.54 Å².